The summed E-state index contributed by atoms with van der Waals surface area (Å²) in [5, 5.41) is 4.27. The van der Waals surface area contributed by atoms with Crippen molar-refractivity contribution in [2.45, 2.75) is 19.9 Å². The Labute approximate surface area is 93.3 Å². The third-order valence-electron chi connectivity index (χ3n) is 2.56. The molecule has 0 saturated heterocycles. The lowest BCUT2D eigenvalue weighted by atomic mass is 10.2. The van der Waals surface area contributed by atoms with Gasteiger partial charge >= 0.3 is 0 Å². The van der Waals surface area contributed by atoms with E-state index < -0.39 is 0 Å². The van der Waals surface area contributed by atoms with Crippen molar-refractivity contribution in [1.82, 2.24) is 14.7 Å². The van der Waals surface area contributed by atoms with Crippen molar-refractivity contribution in [2.24, 2.45) is 7.05 Å². The Kier molecular flexibility index (Phi) is 2.60. The highest BCUT2D eigenvalue weighted by atomic mass is 16.2. The van der Waals surface area contributed by atoms with Gasteiger partial charge in [0.2, 0.25) is 0 Å². The van der Waals surface area contributed by atoms with Gasteiger partial charge in [0, 0.05) is 31.0 Å². The fraction of sp³-hybridized carbons (Fsp3) is 0.364. The Balaban J connectivity index is 2.20. The molecule has 5 heteroatoms. The lowest BCUT2D eigenvalue weighted by Gasteiger charge is -2.12. The first-order valence-electron chi connectivity index (χ1n) is 5.16. The molecule has 2 amide bonds. The molecule has 0 N–H and O–H groups in total. The molecule has 2 heterocycles. The molecule has 0 atom stereocenters. The summed E-state index contributed by atoms with van der Waals surface area (Å²) in [6.45, 7) is 2.30. The Morgan fingerprint density at radius 2 is 1.88 bits per heavy atom. The molecule has 0 spiro atoms. The standard InChI is InChI=1S/C11H13N3O2/c1-3-9-8(6-13(2)12-9)7-14-10(15)4-5-11(14)16/h4-6H,3,7H2,1-2H3. The van der Waals surface area contributed by atoms with E-state index >= 15 is 0 Å². The number of imide groups is 1. The van der Waals surface area contributed by atoms with Gasteiger partial charge in [0.25, 0.3) is 11.8 Å². The van der Waals surface area contributed by atoms with Gasteiger partial charge in [-0.15, -0.1) is 0 Å². The maximum atomic E-state index is 11.4. The third kappa shape index (κ3) is 1.76. The SMILES string of the molecule is CCc1nn(C)cc1CN1C(=O)C=CC1=O. The molecule has 0 aromatic carbocycles. The predicted molar refractivity (Wildman–Crippen MR) is 57.3 cm³/mol. The minimum absolute atomic E-state index is 0.254. The van der Waals surface area contributed by atoms with Crippen LogP contribution in [0.25, 0.3) is 0 Å². The van der Waals surface area contributed by atoms with Gasteiger partial charge in [-0.1, -0.05) is 6.92 Å². The van der Waals surface area contributed by atoms with E-state index in [1.54, 1.807) is 4.68 Å². The van der Waals surface area contributed by atoms with E-state index in [1.165, 1.54) is 17.1 Å². The number of carbonyl (C=O) groups is 2. The summed E-state index contributed by atoms with van der Waals surface area (Å²) in [4.78, 5) is 24.0. The highest BCUT2D eigenvalue weighted by Gasteiger charge is 2.24. The summed E-state index contributed by atoms with van der Waals surface area (Å²) in [5.74, 6) is -0.508. The zero-order chi connectivity index (χ0) is 11.7. The van der Waals surface area contributed by atoms with Gasteiger partial charge in [-0.25, -0.2) is 0 Å². The zero-order valence-corrected chi connectivity index (χ0v) is 9.30. The van der Waals surface area contributed by atoms with Gasteiger partial charge < -0.3 is 0 Å². The minimum Gasteiger partial charge on any atom is -0.275 e. The van der Waals surface area contributed by atoms with E-state index in [0.717, 1.165) is 17.7 Å². The normalized spacial score (nSPS) is 15.2. The molecule has 2 rings (SSSR count). The van der Waals surface area contributed by atoms with Crippen LogP contribution < -0.4 is 0 Å². The van der Waals surface area contributed by atoms with Crippen LogP contribution in [0.1, 0.15) is 18.2 Å². The van der Waals surface area contributed by atoms with Crippen LogP contribution in [0.5, 0.6) is 0 Å². The second-order valence-corrected chi connectivity index (χ2v) is 3.72. The van der Waals surface area contributed by atoms with Crippen LogP contribution in [0.2, 0.25) is 0 Å². The van der Waals surface area contributed by atoms with Crippen LogP contribution in [-0.2, 0) is 29.6 Å². The largest absolute Gasteiger partial charge is 0.275 e. The smallest absolute Gasteiger partial charge is 0.253 e. The molecule has 0 aliphatic carbocycles. The number of amides is 2. The van der Waals surface area contributed by atoms with E-state index in [2.05, 4.69) is 5.10 Å². The third-order valence-corrected chi connectivity index (χ3v) is 2.56. The number of aromatic nitrogens is 2. The predicted octanol–water partition coefficient (Wildman–Crippen LogP) is 0.407. The lowest BCUT2D eigenvalue weighted by molar-refractivity contribution is -0.137. The van der Waals surface area contributed by atoms with Gasteiger partial charge in [0.1, 0.15) is 0 Å². The number of rotatable bonds is 3. The second-order valence-electron chi connectivity index (χ2n) is 3.72. The number of nitrogens with zero attached hydrogens (tertiary/aromatic N) is 3. The summed E-state index contributed by atoms with van der Waals surface area (Å²) in [6.07, 6.45) is 5.23. The van der Waals surface area contributed by atoms with Crippen molar-refractivity contribution in [1.29, 1.82) is 0 Å². The number of aryl methyl sites for hydroxylation is 2. The van der Waals surface area contributed by atoms with Crippen LogP contribution in [-0.4, -0.2) is 26.5 Å². The first-order valence-corrected chi connectivity index (χ1v) is 5.16. The van der Waals surface area contributed by atoms with Crippen molar-refractivity contribution in [2.75, 3.05) is 0 Å². The molecule has 0 radical (unpaired) electrons. The van der Waals surface area contributed by atoms with Gasteiger partial charge in [-0.2, -0.15) is 5.10 Å². The van der Waals surface area contributed by atoms with E-state index in [0.29, 0.717) is 6.54 Å². The summed E-state index contributed by atoms with van der Waals surface area (Å²) < 4.78 is 1.70. The van der Waals surface area contributed by atoms with Gasteiger partial charge in [-0.3, -0.25) is 19.2 Å². The average Bonchev–Trinajstić information content (AvgIpc) is 2.75. The molecule has 0 saturated carbocycles. The van der Waals surface area contributed by atoms with Crippen LogP contribution in [0.4, 0.5) is 0 Å². The Bertz CT molecular complexity index is 456. The van der Waals surface area contributed by atoms with E-state index in [4.69, 9.17) is 0 Å². The summed E-state index contributed by atoms with van der Waals surface area (Å²) in [6, 6.07) is 0. The molecular weight excluding hydrogens is 206 g/mol. The van der Waals surface area contributed by atoms with Crippen molar-refractivity contribution in [3.05, 3.63) is 29.6 Å². The number of hydrogen-bond donors (Lipinski definition) is 0. The number of hydrogen-bond acceptors (Lipinski definition) is 3. The Morgan fingerprint density at radius 1 is 1.25 bits per heavy atom. The molecule has 1 aromatic heterocycles. The average molecular weight is 219 g/mol. The van der Waals surface area contributed by atoms with Gasteiger partial charge in [0.15, 0.2) is 0 Å². The number of carbonyl (C=O) groups excluding carboxylic acids is 2. The van der Waals surface area contributed by atoms with E-state index in [9.17, 15) is 9.59 Å². The zero-order valence-electron chi connectivity index (χ0n) is 9.30. The summed E-state index contributed by atoms with van der Waals surface area (Å²) in [7, 11) is 1.83. The van der Waals surface area contributed by atoms with E-state index in [-0.39, 0.29) is 11.8 Å². The highest BCUT2D eigenvalue weighted by Crippen LogP contribution is 2.14. The maximum absolute atomic E-state index is 11.4. The molecule has 1 aromatic rings. The first kappa shape index (κ1) is 10.6. The van der Waals surface area contributed by atoms with Gasteiger partial charge in [-0.05, 0) is 6.42 Å². The van der Waals surface area contributed by atoms with Crippen molar-refractivity contribution in [3.63, 3.8) is 0 Å². The van der Waals surface area contributed by atoms with Crippen LogP contribution >= 0.6 is 0 Å². The molecule has 84 valence electrons. The van der Waals surface area contributed by atoms with Crippen molar-refractivity contribution in [3.8, 4) is 0 Å². The molecule has 5 nitrogen and oxygen atoms in total. The highest BCUT2D eigenvalue weighted by molar-refractivity contribution is 6.12. The van der Waals surface area contributed by atoms with Crippen molar-refractivity contribution < 1.29 is 9.59 Å². The molecular formula is C11H13N3O2. The van der Waals surface area contributed by atoms with Gasteiger partial charge in [0.05, 0.1) is 12.2 Å². The van der Waals surface area contributed by atoms with Crippen LogP contribution in [0.3, 0.4) is 0 Å². The lowest BCUT2D eigenvalue weighted by Crippen LogP contribution is -2.29. The monoisotopic (exact) mass is 219 g/mol. The molecule has 0 bridgehead atoms. The van der Waals surface area contributed by atoms with Crippen LogP contribution in [0, 0.1) is 0 Å². The second kappa shape index (κ2) is 3.92. The first-order chi connectivity index (χ1) is 7.61. The minimum atomic E-state index is -0.254. The molecule has 0 fully saturated rings. The quantitative estimate of drug-likeness (QED) is 0.692. The summed E-state index contributed by atoms with van der Waals surface area (Å²) >= 11 is 0. The molecule has 1 aliphatic rings. The molecule has 1 aliphatic heterocycles. The summed E-state index contributed by atoms with van der Waals surface area (Å²) in [5.41, 5.74) is 1.85. The fourth-order valence-electron chi connectivity index (χ4n) is 1.77. The Morgan fingerprint density at radius 3 is 2.44 bits per heavy atom. The Hall–Kier alpha value is -1.91. The van der Waals surface area contributed by atoms with E-state index in [1.807, 2.05) is 20.2 Å². The molecule has 0 unspecified atom stereocenters. The van der Waals surface area contributed by atoms with Crippen LogP contribution in [0.15, 0.2) is 18.3 Å². The maximum Gasteiger partial charge on any atom is 0.253 e. The fourth-order valence-corrected chi connectivity index (χ4v) is 1.77. The molecule has 16 heavy (non-hydrogen) atoms. The topological polar surface area (TPSA) is 55.2 Å². The van der Waals surface area contributed by atoms with Crippen molar-refractivity contribution >= 4 is 11.8 Å².